The van der Waals surface area contributed by atoms with E-state index >= 15 is 0 Å². The number of amides is 2. The molecule has 0 radical (unpaired) electrons. The van der Waals surface area contributed by atoms with E-state index < -0.39 is 0 Å². The summed E-state index contributed by atoms with van der Waals surface area (Å²) in [5, 5.41) is 6.71. The van der Waals surface area contributed by atoms with Gasteiger partial charge in [0.15, 0.2) is 0 Å². The van der Waals surface area contributed by atoms with Crippen molar-refractivity contribution < 1.29 is 9.59 Å². The van der Waals surface area contributed by atoms with Crippen LogP contribution in [0.3, 0.4) is 0 Å². The van der Waals surface area contributed by atoms with Gasteiger partial charge in [-0.3, -0.25) is 9.59 Å². The summed E-state index contributed by atoms with van der Waals surface area (Å²) in [6.45, 7) is 1.93. The maximum absolute atomic E-state index is 12.0. The van der Waals surface area contributed by atoms with E-state index in [-0.39, 0.29) is 24.7 Å². The molecule has 0 saturated carbocycles. The topological polar surface area (TPSA) is 70.6 Å². The minimum Gasteiger partial charge on any atom is -0.326 e. The Bertz CT molecular complexity index is 809. The Morgan fingerprint density at radius 3 is 2.64 bits per heavy atom. The minimum atomic E-state index is -0.305. The number of hydrazone groups is 1. The predicted octanol–water partition coefficient (Wildman–Crippen LogP) is 4.23. The minimum absolute atomic E-state index is 0.0745. The number of benzene rings is 2. The van der Waals surface area contributed by atoms with Gasteiger partial charge >= 0.3 is 0 Å². The first kappa shape index (κ1) is 19.6. The first-order chi connectivity index (χ1) is 11.9. The highest BCUT2D eigenvalue weighted by atomic mass is 127. The third-order valence-corrected chi connectivity index (χ3v) is 4.46. The molecule has 0 aliphatic heterocycles. The number of aryl methyl sites for hydroxylation is 1. The molecule has 0 spiro atoms. The van der Waals surface area contributed by atoms with Gasteiger partial charge in [0.2, 0.25) is 11.8 Å². The molecule has 0 saturated heterocycles. The summed E-state index contributed by atoms with van der Waals surface area (Å²) in [6.07, 6.45) is 1.73. The number of carbonyl (C=O) groups excluding carboxylic acids is 2. The van der Waals surface area contributed by atoms with Crippen molar-refractivity contribution in [3.05, 3.63) is 61.6 Å². The van der Waals surface area contributed by atoms with Crippen molar-refractivity contribution in [2.45, 2.75) is 19.8 Å². The van der Waals surface area contributed by atoms with Gasteiger partial charge in [0.05, 0.1) is 6.21 Å². The Morgan fingerprint density at radius 2 is 1.92 bits per heavy atom. The highest BCUT2D eigenvalue weighted by Crippen LogP contribution is 2.18. The number of halogens is 2. The van der Waals surface area contributed by atoms with Gasteiger partial charge in [0, 0.05) is 26.6 Å². The normalized spacial score (nSPS) is 10.7. The van der Waals surface area contributed by atoms with Gasteiger partial charge in [-0.15, -0.1) is 0 Å². The summed E-state index contributed by atoms with van der Waals surface area (Å²) >= 11 is 5.58. The monoisotopic (exact) mass is 513 g/mol. The van der Waals surface area contributed by atoms with Crippen LogP contribution in [0.4, 0.5) is 5.69 Å². The smallest absolute Gasteiger partial charge is 0.240 e. The Hall–Kier alpha value is -1.74. The highest BCUT2D eigenvalue weighted by Gasteiger charge is 2.08. The number of nitrogens with one attached hydrogen (secondary N) is 2. The van der Waals surface area contributed by atoms with Crippen LogP contribution < -0.4 is 10.7 Å². The van der Waals surface area contributed by atoms with E-state index in [1.54, 1.807) is 6.21 Å². The van der Waals surface area contributed by atoms with Crippen LogP contribution >= 0.6 is 38.5 Å². The van der Waals surface area contributed by atoms with Crippen LogP contribution in [0.5, 0.6) is 0 Å². The summed E-state index contributed by atoms with van der Waals surface area (Å²) in [7, 11) is 0. The molecule has 0 bridgehead atoms. The fourth-order valence-corrected chi connectivity index (χ4v) is 3.09. The van der Waals surface area contributed by atoms with E-state index in [4.69, 9.17) is 0 Å². The zero-order chi connectivity index (χ0) is 18.2. The van der Waals surface area contributed by atoms with Gasteiger partial charge in [-0.05, 0) is 71.0 Å². The maximum Gasteiger partial charge on any atom is 0.240 e. The van der Waals surface area contributed by atoms with Crippen molar-refractivity contribution in [2.75, 3.05) is 5.32 Å². The number of anilines is 1. The summed E-state index contributed by atoms with van der Waals surface area (Å²) in [5.74, 6) is -0.504. The van der Waals surface area contributed by atoms with Crippen molar-refractivity contribution in [3.8, 4) is 0 Å². The van der Waals surface area contributed by atoms with Crippen LogP contribution in [-0.2, 0) is 9.59 Å². The van der Waals surface area contributed by atoms with E-state index in [0.717, 1.165) is 24.9 Å². The summed E-state index contributed by atoms with van der Waals surface area (Å²) in [5.41, 5.74) is 5.04. The molecule has 0 heterocycles. The molecule has 2 aromatic carbocycles. The first-order valence-corrected chi connectivity index (χ1v) is 9.44. The number of rotatable bonds is 6. The van der Waals surface area contributed by atoms with Crippen molar-refractivity contribution in [1.82, 2.24) is 5.43 Å². The molecule has 0 fully saturated rings. The molecule has 0 atom stereocenters. The standard InChI is InChI=1S/C18H17BrIN3O2/c1-12-9-15(20)5-6-16(12)22-17(24)7-8-18(25)23-21-11-13-3-2-4-14(19)10-13/h2-6,9-11H,7-8H2,1H3,(H,22,24)(H,23,25)/b21-11+. The quantitative estimate of drug-likeness (QED) is 0.344. The van der Waals surface area contributed by atoms with E-state index in [1.165, 1.54) is 0 Å². The first-order valence-electron chi connectivity index (χ1n) is 7.57. The van der Waals surface area contributed by atoms with Gasteiger partial charge < -0.3 is 5.32 Å². The zero-order valence-corrected chi connectivity index (χ0v) is 17.3. The van der Waals surface area contributed by atoms with Gasteiger partial charge in [0.25, 0.3) is 0 Å². The molecule has 2 aromatic rings. The Kier molecular flexibility index (Phi) is 7.57. The predicted molar refractivity (Wildman–Crippen MR) is 112 cm³/mol. The van der Waals surface area contributed by atoms with Gasteiger partial charge in [-0.2, -0.15) is 5.10 Å². The van der Waals surface area contributed by atoms with Crippen LogP contribution in [0.2, 0.25) is 0 Å². The van der Waals surface area contributed by atoms with Crippen LogP contribution in [0.25, 0.3) is 0 Å². The van der Waals surface area contributed by atoms with Crippen molar-refractivity contribution >= 4 is 62.2 Å². The molecule has 2 rings (SSSR count). The van der Waals surface area contributed by atoms with E-state index in [0.29, 0.717) is 0 Å². The number of hydrogen-bond acceptors (Lipinski definition) is 3. The summed E-state index contributed by atoms with van der Waals surface area (Å²) in [6, 6.07) is 13.3. The lowest BCUT2D eigenvalue weighted by atomic mass is 10.2. The zero-order valence-electron chi connectivity index (χ0n) is 13.6. The molecular weight excluding hydrogens is 497 g/mol. The van der Waals surface area contributed by atoms with E-state index in [1.807, 2.05) is 49.4 Å². The molecule has 0 aliphatic rings. The second-order valence-electron chi connectivity index (χ2n) is 5.36. The second kappa shape index (κ2) is 9.67. The summed E-state index contributed by atoms with van der Waals surface area (Å²) < 4.78 is 2.04. The fourth-order valence-electron chi connectivity index (χ4n) is 2.03. The SMILES string of the molecule is Cc1cc(I)ccc1NC(=O)CCC(=O)N/N=C/c1cccc(Br)c1. The van der Waals surface area contributed by atoms with Crippen molar-refractivity contribution in [3.63, 3.8) is 0 Å². The maximum atomic E-state index is 12.0. The van der Waals surface area contributed by atoms with Crippen LogP contribution in [0.15, 0.2) is 52.0 Å². The third kappa shape index (κ3) is 6.95. The molecule has 25 heavy (non-hydrogen) atoms. The summed E-state index contributed by atoms with van der Waals surface area (Å²) in [4.78, 5) is 23.7. The molecule has 2 amide bonds. The van der Waals surface area contributed by atoms with Crippen molar-refractivity contribution in [1.29, 1.82) is 0 Å². The Morgan fingerprint density at radius 1 is 1.16 bits per heavy atom. The number of nitrogens with zero attached hydrogens (tertiary/aromatic N) is 1. The highest BCUT2D eigenvalue weighted by molar-refractivity contribution is 14.1. The van der Waals surface area contributed by atoms with Gasteiger partial charge in [0.1, 0.15) is 0 Å². The molecular formula is C18H17BrIN3O2. The van der Waals surface area contributed by atoms with Gasteiger partial charge in [-0.25, -0.2) is 5.43 Å². The van der Waals surface area contributed by atoms with Crippen LogP contribution in [-0.4, -0.2) is 18.0 Å². The van der Waals surface area contributed by atoms with Crippen LogP contribution in [0.1, 0.15) is 24.0 Å². The van der Waals surface area contributed by atoms with Crippen LogP contribution in [0, 0.1) is 10.5 Å². The Balaban J connectivity index is 1.76. The molecule has 0 unspecified atom stereocenters. The van der Waals surface area contributed by atoms with Gasteiger partial charge in [-0.1, -0.05) is 28.1 Å². The lowest BCUT2D eigenvalue weighted by Crippen LogP contribution is -2.20. The molecule has 2 N–H and O–H groups in total. The lowest BCUT2D eigenvalue weighted by molar-refractivity contribution is -0.124. The molecule has 0 aromatic heterocycles. The molecule has 0 aliphatic carbocycles. The number of hydrogen-bond donors (Lipinski definition) is 2. The molecule has 130 valence electrons. The molecule has 7 heteroatoms. The lowest BCUT2D eigenvalue weighted by Gasteiger charge is -2.08. The fraction of sp³-hybridized carbons (Fsp3) is 0.167. The average molecular weight is 514 g/mol. The van der Waals surface area contributed by atoms with Crippen molar-refractivity contribution in [2.24, 2.45) is 5.10 Å². The Labute approximate surface area is 168 Å². The average Bonchev–Trinajstić information content (AvgIpc) is 2.56. The van der Waals surface area contributed by atoms with E-state index in [9.17, 15) is 9.59 Å². The molecule has 5 nitrogen and oxygen atoms in total. The third-order valence-electron chi connectivity index (χ3n) is 3.29. The van der Waals surface area contributed by atoms with E-state index in [2.05, 4.69) is 54.4 Å². The number of carbonyl (C=O) groups is 2. The second-order valence-corrected chi connectivity index (χ2v) is 7.52. The largest absolute Gasteiger partial charge is 0.326 e.